The molecule has 1 aliphatic rings. The maximum absolute atomic E-state index is 9.99. The van der Waals surface area contributed by atoms with Gasteiger partial charge in [0.25, 0.3) is 0 Å². The Morgan fingerprint density at radius 1 is 1.53 bits per heavy atom. The van der Waals surface area contributed by atoms with Crippen LogP contribution in [0.5, 0.6) is 0 Å². The molecule has 0 spiro atoms. The summed E-state index contributed by atoms with van der Waals surface area (Å²) in [6.45, 7) is 6.86. The van der Waals surface area contributed by atoms with E-state index in [9.17, 15) is 5.11 Å². The second-order valence-corrected chi connectivity index (χ2v) is 5.21. The summed E-state index contributed by atoms with van der Waals surface area (Å²) < 4.78 is 10.8. The predicted octanol–water partition coefficient (Wildman–Crippen LogP) is 1.98. The molecule has 0 bridgehead atoms. The van der Waals surface area contributed by atoms with Gasteiger partial charge in [0.1, 0.15) is 0 Å². The summed E-state index contributed by atoms with van der Waals surface area (Å²) >= 11 is 0. The van der Waals surface area contributed by atoms with Crippen LogP contribution in [0.4, 0.5) is 0 Å². The van der Waals surface area contributed by atoms with Crippen LogP contribution in [-0.2, 0) is 9.47 Å². The number of hydrogen-bond acceptors (Lipinski definition) is 3. The quantitative estimate of drug-likeness (QED) is 0.763. The van der Waals surface area contributed by atoms with Gasteiger partial charge < -0.3 is 14.6 Å². The molecule has 1 heterocycles. The minimum absolute atomic E-state index is 0.133. The van der Waals surface area contributed by atoms with Gasteiger partial charge in [0.15, 0.2) is 0 Å². The van der Waals surface area contributed by atoms with Crippen molar-refractivity contribution in [3.63, 3.8) is 0 Å². The van der Waals surface area contributed by atoms with E-state index in [1.165, 1.54) is 0 Å². The second kappa shape index (κ2) is 5.28. The number of methoxy groups -OCH3 is 1. The molecule has 3 unspecified atom stereocenters. The third-order valence-electron chi connectivity index (χ3n) is 3.37. The lowest BCUT2D eigenvalue weighted by atomic mass is 9.92. The van der Waals surface area contributed by atoms with Gasteiger partial charge >= 0.3 is 0 Å². The maximum atomic E-state index is 9.99. The SMILES string of the molecule is COC(C)(C)CCC(O)C1COC(C)C1. The Bertz CT molecular complexity index is 191. The summed E-state index contributed by atoms with van der Waals surface area (Å²) in [5, 5.41) is 9.99. The molecule has 1 aliphatic heterocycles. The zero-order valence-electron chi connectivity index (χ0n) is 10.3. The van der Waals surface area contributed by atoms with Crippen LogP contribution in [0.3, 0.4) is 0 Å². The predicted molar refractivity (Wildman–Crippen MR) is 59.8 cm³/mol. The fourth-order valence-electron chi connectivity index (χ4n) is 1.95. The first-order valence-electron chi connectivity index (χ1n) is 5.79. The highest BCUT2D eigenvalue weighted by Gasteiger charge is 2.29. The smallest absolute Gasteiger partial charge is 0.0623 e. The van der Waals surface area contributed by atoms with Crippen LogP contribution in [0.2, 0.25) is 0 Å². The van der Waals surface area contributed by atoms with Crippen LogP contribution < -0.4 is 0 Å². The number of ether oxygens (including phenoxy) is 2. The average molecular weight is 216 g/mol. The van der Waals surface area contributed by atoms with E-state index in [1.807, 2.05) is 13.8 Å². The minimum Gasteiger partial charge on any atom is -0.393 e. The number of rotatable bonds is 5. The van der Waals surface area contributed by atoms with Crippen molar-refractivity contribution < 1.29 is 14.6 Å². The van der Waals surface area contributed by atoms with Gasteiger partial charge in [0.2, 0.25) is 0 Å². The summed E-state index contributed by atoms with van der Waals surface area (Å²) in [5.74, 6) is 0.313. The third kappa shape index (κ3) is 4.09. The van der Waals surface area contributed by atoms with Crippen molar-refractivity contribution in [2.75, 3.05) is 13.7 Å². The van der Waals surface area contributed by atoms with Gasteiger partial charge in [-0.05, 0) is 40.0 Å². The monoisotopic (exact) mass is 216 g/mol. The molecular weight excluding hydrogens is 192 g/mol. The average Bonchev–Trinajstić information content (AvgIpc) is 2.61. The highest BCUT2D eigenvalue weighted by atomic mass is 16.5. The Labute approximate surface area is 92.8 Å². The van der Waals surface area contributed by atoms with E-state index < -0.39 is 0 Å². The maximum Gasteiger partial charge on any atom is 0.0623 e. The molecule has 0 aromatic carbocycles. The lowest BCUT2D eigenvalue weighted by Crippen LogP contribution is -2.28. The van der Waals surface area contributed by atoms with Crippen molar-refractivity contribution >= 4 is 0 Å². The Balaban J connectivity index is 2.27. The molecule has 0 aliphatic carbocycles. The second-order valence-electron chi connectivity index (χ2n) is 5.21. The highest BCUT2D eigenvalue weighted by molar-refractivity contribution is 4.79. The van der Waals surface area contributed by atoms with E-state index in [4.69, 9.17) is 9.47 Å². The van der Waals surface area contributed by atoms with E-state index in [1.54, 1.807) is 7.11 Å². The summed E-state index contributed by atoms with van der Waals surface area (Å²) in [4.78, 5) is 0. The van der Waals surface area contributed by atoms with Crippen LogP contribution in [0.15, 0.2) is 0 Å². The molecular formula is C12H24O3. The summed E-state index contributed by atoms with van der Waals surface area (Å²) in [5.41, 5.74) is -0.133. The Morgan fingerprint density at radius 3 is 2.67 bits per heavy atom. The molecule has 90 valence electrons. The van der Waals surface area contributed by atoms with Crippen molar-refractivity contribution in [3.05, 3.63) is 0 Å². The highest BCUT2D eigenvalue weighted by Crippen LogP contribution is 2.26. The van der Waals surface area contributed by atoms with Gasteiger partial charge in [-0.15, -0.1) is 0 Å². The summed E-state index contributed by atoms with van der Waals surface area (Å²) in [6, 6.07) is 0. The van der Waals surface area contributed by atoms with Crippen molar-refractivity contribution in [1.29, 1.82) is 0 Å². The van der Waals surface area contributed by atoms with Crippen LogP contribution >= 0.6 is 0 Å². The standard InChI is InChI=1S/C12H24O3/c1-9-7-10(8-15-9)11(13)5-6-12(2,3)14-4/h9-11,13H,5-8H2,1-4H3. The molecule has 0 radical (unpaired) electrons. The topological polar surface area (TPSA) is 38.7 Å². The zero-order valence-corrected chi connectivity index (χ0v) is 10.3. The zero-order chi connectivity index (χ0) is 11.5. The van der Waals surface area contributed by atoms with Gasteiger partial charge in [-0.25, -0.2) is 0 Å². The molecule has 15 heavy (non-hydrogen) atoms. The van der Waals surface area contributed by atoms with E-state index in [-0.39, 0.29) is 11.7 Å². The molecule has 0 aromatic heterocycles. The van der Waals surface area contributed by atoms with Gasteiger partial charge in [-0.2, -0.15) is 0 Å². The van der Waals surface area contributed by atoms with Gasteiger partial charge in [0.05, 0.1) is 24.4 Å². The molecule has 1 fully saturated rings. The molecule has 0 aromatic rings. The van der Waals surface area contributed by atoms with Gasteiger partial charge in [0, 0.05) is 13.0 Å². The molecule has 3 atom stereocenters. The summed E-state index contributed by atoms with van der Waals surface area (Å²) in [7, 11) is 1.72. The first-order valence-corrected chi connectivity index (χ1v) is 5.79. The molecule has 3 heteroatoms. The first kappa shape index (κ1) is 12.9. The molecule has 0 saturated carbocycles. The van der Waals surface area contributed by atoms with Crippen molar-refractivity contribution in [2.24, 2.45) is 5.92 Å². The van der Waals surface area contributed by atoms with Crippen molar-refractivity contribution in [2.45, 2.75) is 57.8 Å². The van der Waals surface area contributed by atoms with Crippen LogP contribution in [0, 0.1) is 5.92 Å². The first-order chi connectivity index (χ1) is 6.94. The normalized spacial score (nSPS) is 29.4. The van der Waals surface area contributed by atoms with E-state index in [0.29, 0.717) is 18.6 Å². The summed E-state index contributed by atoms with van der Waals surface area (Å²) in [6.07, 6.45) is 2.72. The lowest BCUT2D eigenvalue weighted by Gasteiger charge is -2.25. The van der Waals surface area contributed by atoms with Crippen molar-refractivity contribution in [1.82, 2.24) is 0 Å². The van der Waals surface area contributed by atoms with Crippen LogP contribution in [0.1, 0.15) is 40.0 Å². The Morgan fingerprint density at radius 2 is 2.20 bits per heavy atom. The van der Waals surface area contributed by atoms with Gasteiger partial charge in [-0.1, -0.05) is 0 Å². The fraction of sp³-hybridized carbons (Fsp3) is 1.00. The molecule has 0 amide bonds. The number of aliphatic hydroxyl groups excluding tert-OH is 1. The molecule has 1 N–H and O–H groups in total. The largest absolute Gasteiger partial charge is 0.393 e. The third-order valence-corrected chi connectivity index (χ3v) is 3.37. The number of aliphatic hydroxyl groups is 1. The molecule has 1 saturated heterocycles. The number of hydrogen-bond donors (Lipinski definition) is 1. The van der Waals surface area contributed by atoms with E-state index >= 15 is 0 Å². The Hall–Kier alpha value is -0.120. The molecule has 3 nitrogen and oxygen atoms in total. The van der Waals surface area contributed by atoms with Crippen LogP contribution in [0.25, 0.3) is 0 Å². The van der Waals surface area contributed by atoms with E-state index in [2.05, 4.69) is 6.92 Å². The Kier molecular flexibility index (Phi) is 4.56. The fourth-order valence-corrected chi connectivity index (χ4v) is 1.95. The van der Waals surface area contributed by atoms with Crippen LogP contribution in [-0.4, -0.2) is 36.6 Å². The lowest BCUT2D eigenvalue weighted by molar-refractivity contribution is -0.00502. The van der Waals surface area contributed by atoms with Crippen molar-refractivity contribution in [3.8, 4) is 0 Å². The minimum atomic E-state index is -0.246. The van der Waals surface area contributed by atoms with Gasteiger partial charge in [-0.3, -0.25) is 0 Å². The van der Waals surface area contributed by atoms with E-state index in [0.717, 1.165) is 19.3 Å². The molecule has 1 rings (SSSR count).